The summed E-state index contributed by atoms with van der Waals surface area (Å²) in [4.78, 5) is 72.4. The first-order valence-electron chi connectivity index (χ1n) is 34.8. The number of unbranched alkanes of at least 4 members (excludes halogenated alkanes) is 27. The zero-order chi connectivity index (χ0) is 63.9. The summed E-state index contributed by atoms with van der Waals surface area (Å²) in [7, 11) is -9.90. The van der Waals surface area contributed by atoms with Crippen molar-refractivity contribution in [2.45, 2.75) is 343 Å². The van der Waals surface area contributed by atoms with E-state index >= 15 is 0 Å². The summed E-state index contributed by atoms with van der Waals surface area (Å²) in [6.45, 7) is 14.0. The van der Waals surface area contributed by atoms with Gasteiger partial charge in [-0.25, -0.2) is 9.13 Å². The highest BCUT2D eigenvalue weighted by molar-refractivity contribution is 7.47. The highest BCUT2D eigenvalue weighted by atomic mass is 31.2. The molecule has 0 aliphatic rings. The standard InChI is InChI=1S/C67H130O17P2/c1-9-58(6)44-36-28-20-14-12-13-15-22-31-39-47-64(69)77-54-63(84-67(72)50-42-34-26-25-30-38-46-60(8)11-3)56-82-86(75,76)80-52-61(68)51-79-85(73,74)81-55-62(53-78-65(70)48-40-32-24-18-19-27-35-43-57(4)5)83-66(71)49-41-33-23-17-16-21-29-37-45-59(7)10-2/h57-63,68H,9-56H2,1-8H3,(H,73,74)(H,75,76)/t58?,59?,60?,61?,62-,63-/m1/s1. The number of phosphoric ester groups is 2. The lowest BCUT2D eigenvalue weighted by molar-refractivity contribution is -0.161. The van der Waals surface area contributed by atoms with Crippen molar-refractivity contribution >= 4 is 39.5 Å². The molecule has 510 valence electrons. The van der Waals surface area contributed by atoms with Crippen LogP contribution in [0, 0.1) is 23.7 Å². The Kier molecular flexibility index (Phi) is 55.7. The van der Waals surface area contributed by atoms with E-state index < -0.39 is 97.5 Å². The number of aliphatic hydroxyl groups excluding tert-OH is 1. The van der Waals surface area contributed by atoms with Crippen LogP contribution in [0.25, 0.3) is 0 Å². The summed E-state index contributed by atoms with van der Waals surface area (Å²) in [6.07, 6.45) is 37.5. The molecule has 86 heavy (non-hydrogen) atoms. The molecule has 0 rings (SSSR count). The zero-order valence-electron chi connectivity index (χ0n) is 55.9. The molecule has 0 heterocycles. The monoisotopic (exact) mass is 1270 g/mol. The van der Waals surface area contributed by atoms with Crippen molar-refractivity contribution < 1.29 is 80.2 Å². The smallest absolute Gasteiger partial charge is 0.462 e. The van der Waals surface area contributed by atoms with Gasteiger partial charge < -0.3 is 33.8 Å². The van der Waals surface area contributed by atoms with Gasteiger partial charge in [-0.2, -0.15) is 0 Å². The maximum absolute atomic E-state index is 13.0. The Labute approximate surface area is 524 Å². The number of hydrogen-bond acceptors (Lipinski definition) is 15. The Morgan fingerprint density at radius 2 is 0.558 bits per heavy atom. The minimum atomic E-state index is -4.95. The average molecular weight is 1270 g/mol. The van der Waals surface area contributed by atoms with E-state index in [0.29, 0.717) is 31.6 Å². The molecule has 0 spiro atoms. The first-order valence-corrected chi connectivity index (χ1v) is 37.8. The third-order valence-electron chi connectivity index (χ3n) is 16.4. The lowest BCUT2D eigenvalue weighted by atomic mass is 9.99. The van der Waals surface area contributed by atoms with Gasteiger partial charge in [0.25, 0.3) is 0 Å². The summed E-state index contributed by atoms with van der Waals surface area (Å²) in [5.41, 5.74) is 0. The Bertz CT molecular complexity index is 1720. The predicted octanol–water partition coefficient (Wildman–Crippen LogP) is 18.5. The van der Waals surface area contributed by atoms with Gasteiger partial charge in [-0.15, -0.1) is 0 Å². The maximum Gasteiger partial charge on any atom is 0.472 e. The van der Waals surface area contributed by atoms with Crippen LogP contribution in [-0.2, 0) is 65.4 Å². The van der Waals surface area contributed by atoms with E-state index in [1.807, 2.05) is 0 Å². The van der Waals surface area contributed by atoms with Crippen molar-refractivity contribution in [3.8, 4) is 0 Å². The number of rotatable bonds is 64. The molecule has 0 saturated carbocycles. The largest absolute Gasteiger partial charge is 0.472 e. The zero-order valence-corrected chi connectivity index (χ0v) is 57.7. The Balaban J connectivity index is 5.25. The normalized spacial score (nSPS) is 15.3. The number of esters is 4. The topological polar surface area (TPSA) is 237 Å². The van der Waals surface area contributed by atoms with Crippen LogP contribution in [0.5, 0.6) is 0 Å². The van der Waals surface area contributed by atoms with E-state index in [0.717, 1.165) is 114 Å². The molecular formula is C67H130O17P2. The number of hydrogen-bond donors (Lipinski definition) is 3. The number of phosphoric acid groups is 2. The molecule has 0 fully saturated rings. The first kappa shape index (κ1) is 84.1. The molecule has 8 atom stereocenters. The van der Waals surface area contributed by atoms with Gasteiger partial charge in [-0.05, 0) is 49.4 Å². The summed E-state index contributed by atoms with van der Waals surface area (Å²) < 4.78 is 68.1. The van der Waals surface area contributed by atoms with Gasteiger partial charge >= 0.3 is 39.5 Å². The molecule has 0 saturated heterocycles. The highest BCUT2D eigenvalue weighted by Gasteiger charge is 2.30. The Morgan fingerprint density at radius 1 is 0.326 bits per heavy atom. The van der Waals surface area contributed by atoms with E-state index in [2.05, 4.69) is 55.4 Å². The lowest BCUT2D eigenvalue weighted by Gasteiger charge is -2.21. The van der Waals surface area contributed by atoms with Gasteiger partial charge in [0.1, 0.15) is 19.3 Å². The maximum atomic E-state index is 13.0. The third kappa shape index (κ3) is 57.2. The number of ether oxygens (including phenoxy) is 4. The van der Waals surface area contributed by atoms with E-state index in [-0.39, 0.29) is 25.7 Å². The molecule has 6 unspecified atom stereocenters. The molecule has 0 bridgehead atoms. The van der Waals surface area contributed by atoms with E-state index in [1.54, 1.807) is 0 Å². The van der Waals surface area contributed by atoms with E-state index in [9.17, 15) is 43.2 Å². The fourth-order valence-electron chi connectivity index (χ4n) is 9.86. The quantitative estimate of drug-likeness (QED) is 0.0222. The molecule has 0 aliphatic heterocycles. The molecule has 0 aliphatic carbocycles. The van der Waals surface area contributed by atoms with Crippen LogP contribution < -0.4 is 0 Å². The fraction of sp³-hybridized carbons (Fsp3) is 0.940. The van der Waals surface area contributed by atoms with Crippen molar-refractivity contribution in [1.29, 1.82) is 0 Å². The van der Waals surface area contributed by atoms with Gasteiger partial charge in [-0.1, -0.05) is 274 Å². The summed E-state index contributed by atoms with van der Waals surface area (Å²) in [6, 6.07) is 0. The number of carbonyl (C=O) groups is 4. The first-order chi connectivity index (χ1) is 41.2. The summed E-state index contributed by atoms with van der Waals surface area (Å²) >= 11 is 0. The Hall–Kier alpha value is -1.94. The molecule has 19 heteroatoms. The van der Waals surface area contributed by atoms with Gasteiger partial charge in [0, 0.05) is 25.7 Å². The molecule has 0 aromatic rings. The minimum Gasteiger partial charge on any atom is -0.462 e. The van der Waals surface area contributed by atoms with Crippen LogP contribution in [-0.4, -0.2) is 96.7 Å². The van der Waals surface area contributed by atoms with Crippen molar-refractivity contribution in [1.82, 2.24) is 0 Å². The third-order valence-corrected chi connectivity index (χ3v) is 18.3. The second kappa shape index (κ2) is 57.0. The molecule has 3 N–H and O–H groups in total. The summed E-state index contributed by atoms with van der Waals surface area (Å²) in [5.74, 6) is 0.866. The number of aliphatic hydroxyl groups is 1. The van der Waals surface area contributed by atoms with Crippen molar-refractivity contribution in [3.05, 3.63) is 0 Å². The van der Waals surface area contributed by atoms with Gasteiger partial charge in [0.15, 0.2) is 12.2 Å². The average Bonchev–Trinajstić information content (AvgIpc) is 3.55. The minimum absolute atomic E-state index is 0.102. The van der Waals surface area contributed by atoms with Crippen molar-refractivity contribution in [3.63, 3.8) is 0 Å². The Morgan fingerprint density at radius 3 is 0.826 bits per heavy atom. The predicted molar refractivity (Wildman–Crippen MR) is 344 cm³/mol. The van der Waals surface area contributed by atoms with Crippen molar-refractivity contribution in [2.75, 3.05) is 39.6 Å². The molecular weight excluding hydrogens is 1140 g/mol. The molecule has 17 nitrogen and oxygen atoms in total. The van der Waals surface area contributed by atoms with Crippen LogP contribution in [0.1, 0.15) is 325 Å². The van der Waals surface area contributed by atoms with Crippen LogP contribution in [0.4, 0.5) is 0 Å². The molecule has 0 radical (unpaired) electrons. The van der Waals surface area contributed by atoms with Crippen LogP contribution >= 0.6 is 15.6 Å². The highest BCUT2D eigenvalue weighted by Crippen LogP contribution is 2.45. The van der Waals surface area contributed by atoms with Crippen molar-refractivity contribution in [2.24, 2.45) is 23.7 Å². The van der Waals surface area contributed by atoms with Gasteiger partial charge in [-0.3, -0.25) is 37.3 Å². The lowest BCUT2D eigenvalue weighted by Crippen LogP contribution is -2.30. The van der Waals surface area contributed by atoms with E-state index in [1.165, 1.54) is 122 Å². The van der Waals surface area contributed by atoms with Crippen LogP contribution in [0.2, 0.25) is 0 Å². The number of carbonyl (C=O) groups excluding carboxylic acids is 4. The SMILES string of the molecule is CCC(C)CCCCCCCCCCCCC(=O)OC[C@H](COP(=O)(O)OCC(O)COP(=O)(O)OC[C@@H](COC(=O)CCCCCCCCCC(C)C)OC(=O)CCCCCCCCCCC(C)CC)OC(=O)CCCCCCCCC(C)CC. The van der Waals surface area contributed by atoms with Crippen LogP contribution in [0.15, 0.2) is 0 Å². The fourth-order valence-corrected chi connectivity index (χ4v) is 11.4. The second-order valence-corrected chi connectivity index (χ2v) is 28.3. The molecule has 0 aromatic carbocycles. The molecule has 0 aromatic heterocycles. The van der Waals surface area contributed by atoms with E-state index in [4.69, 9.17) is 37.0 Å². The van der Waals surface area contributed by atoms with Gasteiger partial charge in [0.2, 0.25) is 0 Å². The summed E-state index contributed by atoms with van der Waals surface area (Å²) in [5, 5.41) is 10.6. The van der Waals surface area contributed by atoms with Crippen LogP contribution in [0.3, 0.4) is 0 Å². The second-order valence-electron chi connectivity index (χ2n) is 25.4. The molecule has 0 amide bonds. The van der Waals surface area contributed by atoms with Gasteiger partial charge in [0.05, 0.1) is 26.4 Å².